The first-order chi connectivity index (χ1) is 15.9. The molecular formula is C25H34N4O3S. The Labute approximate surface area is 201 Å². The van der Waals surface area contributed by atoms with Crippen LogP contribution in [0.2, 0.25) is 0 Å². The molecule has 3 N–H and O–H groups in total. The van der Waals surface area contributed by atoms with Gasteiger partial charge in [0.2, 0.25) is 0 Å². The molecule has 0 saturated heterocycles. The number of hydrogen-bond donors (Lipinski definition) is 3. The molecule has 1 unspecified atom stereocenters. The molecule has 1 atom stereocenters. The van der Waals surface area contributed by atoms with Gasteiger partial charge in [-0.3, -0.25) is 14.9 Å². The molecule has 0 aliphatic heterocycles. The highest BCUT2D eigenvalue weighted by atomic mass is 32.1. The van der Waals surface area contributed by atoms with E-state index in [0.717, 1.165) is 26.1 Å². The van der Waals surface area contributed by atoms with Crippen molar-refractivity contribution >= 4 is 34.8 Å². The van der Waals surface area contributed by atoms with Gasteiger partial charge in [0.15, 0.2) is 5.11 Å². The zero-order valence-corrected chi connectivity index (χ0v) is 20.6. The first-order valence-electron chi connectivity index (χ1n) is 11.4. The molecule has 0 aliphatic carbocycles. The third kappa shape index (κ3) is 8.82. The lowest BCUT2D eigenvalue weighted by molar-refractivity contribution is 0.0947. The van der Waals surface area contributed by atoms with E-state index >= 15 is 0 Å². The molecule has 2 rings (SSSR count). The number of benzene rings is 2. The van der Waals surface area contributed by atoms with Gasteiger partial charge in [-0.05, 0) is 81.1 Å². The number of amides is 2. The predicted octanol–water partition coefficient (Wildman–Crippen LogP) is 4.06. The highest BCUT2D eigenvalue weighted by Gasteiger charge is 2.11. The van der Waals surface area contributed by atoms with E-state index in [4.69, 9.17) is 17.0 Å². The molecule has 0 spiro atoms. The van der Waals surface area contributed by atoms with Gasteiger partial charge in [0, 0.05) is 29.9 Å². The van der Waals surface area contributed by atoms with Crippen molar-refractivity contribution in [1.82, 2.24) is 15.5 Å². The quantitative estimate of drug-likeness (QED) is 0.430. The van der Waals surface area contributed by atoms with Crippen LogP contribution in [0.1, 0.15) is 54.8 Å². The summed E-state index contributed by atoms with van der Waals surface area (Å²) in [4.78, 5) is 27.1. The van der Waals surface area contributed by atoms with E-state index in [9.17, 15) is 9.59 Å². The molecule has 0 aliphatic rings. The van der Waals surface area contributed by atoms with E-state index in [1.807, 2.05) is 19.9 Å². The highest BCUT2D eigenvalue weighted by Crippen LogP contribution is 2.16. The molecule has 0 bridgehead atoms. The maximum Gasteiger partial charge on any atom is 0.257 e. The number of thiocarbonyl (C=S) groups is 1. The van der Waals surface area contributed by atoms with Crippen molar-refractivity contribution in [3.05, 3.63) is 59.7 Å². The predicted molar refractivity (Wildman–Crippen MR) is 137 cm³/mol. The van der Waals surface area contributed by atoms with Crippen LogP contribution in [-0.2, 0) is 0 Å². The summed E-state index contributed by atoms with van der Waals surface area (Å²) in [7, 11) is 0. The Hall–Kier alpha value is -2.97. The van der Waals surface area contributed by atoms with Gasteiger partial charge in [-0.2, -0.15) is 0 Å². The maximum absolute atomic E-state index is 12.5. The number of rotatable bonds is 11. The van der Waals surface area contributed by atoms with Crippen molar-refractivity contribution in [1.29, 1.82) is 0 Å². The summed E-state index contributed by atoms with van der Waals surface area (Å²) < 4.78 is 5.77. The number of carbonyl (C=O) groups is 2. The fourth-order valence-electron chi connectivity index (χ4n) is 3.04. The maximum atomic E-state index is 12.5. The van der Waals surface area contributed by atoms with Gasteiger partial charge in [-0.1, -0.05) is 26.8 Å². The second-order valence-electron chi connectivity index (χ2n) is 7.63. The number of ether oxygens (including phenoxy) is 1. The Morgan fingerprint density at radius 2 is 1.70 bits per heavy atom. The largest absolute Gasteiger partial charge is 0.491 e. The zero-order valence-electron chi connectivity index (χ0n) is 19.8. The van der Waals surface area contributed by atoms with Crippen LogP contribution in [0.5, 0.6) is 5.75 Å². The van der Waals surface area contributed by atoms with E-state index < -0.39 is 0 Å². The number of hydrogen-bond acceptors (Lipinski definition) is 5. The molecule has 178 valence electrons. The van der Waals surface area contributed by atoms with Crippen LogP contribution in [0.25, 0.3) is 0 Å². The van der Waals surface area contributed by atoms with E-state index in [0.29, 0.717) is 29.1 Å². The van der Waals surface area contributed by atoms with Crippen LogP contribution in [0.3, 0.4) is 0 Å². The summed E-state index contributed by atoms with van der Waals surface area (Å²) in [6.07, 6.45) is 0.944. The van der Waals surface area contributed by atoms with E-state index in [1.54, 1.807) is 42.5 Å². The van der Waals surface area contributed by atoms with Gasteiger partial charge in [0.25, 0.3) is 11.8 Å². The van der Waals surface area contributed by atoms with E-state index in [2.05, 4.69) is 34.7 Å². The molecule has 0 aromatic heterocycles. The van der Waals surface area contributed by atoms with Gasteiger partial charge < -0.3 is 20.3 Å². The van der Waals surface area contributed by atoms with Gasteiger partial charge in [-0.15, -0.1) is 0 Å². The minimum atomic E-state index is -0.327. The molecule has 2 amide bonds. The number of likely N-dealkylation sites (N-methyl/N-ethyl adjacent to an activating group) is 1. The zero-order chi connectivity index (χ0) is 24.2. The second kappa shape index (κ2) is 13.5. The van der Waals surface area contributed by atoms with Crippen LogP contribution >= 0.6 is 12.2 Å². The van der Waals surface area contributed by atoms with Gasteiger partial charge in [0.05, 0.1) is 6.10 Å². The molecule has 0 saturated carbocycles. The lowest BCUT2D eigenvalue weighted by atomic mass is 10.2. The summed E-state index contributed by atoms with van der Waals surface area (Å²) in [5.41, 5.74) is 1.69. The second-order valence-corrected chi connectivity index (χ2v) is 8.04. The molecule has 7 nitrogen and oxygen atoms in total. The fraction of sp³-hybridized carbons (Fsp3) is 0.400. The summed E-state index contributed by atoms with van der Waals surface area (Å²) in [6.45, 7) is 11.6. The van der Waals surface area contributed by atoms with Crippen LogP contribution < -0.4 is 20.7 Å². The topological polar surface area (TPSA) is 82.7 Å². The first-order valence-corrected chi connectivity index (χ1v) is 11.8. The lowest BCUT2D eigenvalue weighted by Crippen LogP contribution is -2.35. The minimum Gasteiger partial charge on any atom is -0.491 e. The summed E-state index contributed by atoms with van der Waals surface area (Å²) in [5, 5.41) is 8.74. The number of nitrogens with zero attached hydrogens (tertiary/aromatic N) is 1. The molecule has 0 heterocycles. The van der Waals surface area contributed by atoms with Crippen molar-refractivity contribution in [2.24, 2.45) is 0 Å². The minimum absolute atomic E-state index is 0.0680. The van der Waals surface area contributed by atoms with E-state index in [-0.39, 0.29) is 23.0 Å². The number of carbonyl (C=O) groups excluding carboxylic acids is 2. The molecule has 0 radical (unpaired) electrons. The van der Waals surface area contributed by atoms with Crippen molar-refractivity contribution < 1.29 is 14.3 Å². The Morgan fingerprint density at radius 1 is 1.00 bits per heavy atom. The van der Waals surface area contributed by atoms with Gasteiger partial charge in [-0.25, -0.2) is 0 Å². The van der Waals surface area contributed by atoms with Crippen molar-refractivity contribution in [2.75, 3.05) is 31.5 Å². The van der Waals surface area contributed by atoms with E-state index in [1.165, 1.54) is 0 Å². The van der Waals surface area contributed by atoms with Crippen molar-refractivity contribution in [2.45, 2.75) is 40.2 Å². The van der Waals surface area contributed by atoms with Gasteiger partial charge in [0.1, 0.15) is 5.75 Å². The Balaban J connectivity index is 1.86. The molecular weight excluding hydrogens is 436 g/mol. The average Bonchev–Trinajstić information content (AvgIpc) is 2.82. The van der Waals surface area contributed by atoms with Gasteiger partial charge >= 0.3 is 0 Å². The third-order valence-corrected chi connectivity index (χ3v) is 5.45. The van der Waals surface area contributed by atoms with Crippen molar-refractivity contribution in [3.63, 3.8) is 0 Å². The third-order valence-electron chi connectivity index (χ3n) is 5.25. The Morgan fingerprint density at radius 3 is 2.33 bits per heavy atom. The van der Waals surface area contributed by atoms with Crippen LogP contribution in [0, 0.1) is 0 Å². The summed E-state index contributed by atoms with van der Waals surface area (Å²) in [5.74, 6) is 0.192. The fourth-order valence-corrected chi connectivity index (χ4v) is 3.25. The normalized spacial score (nSPS) is 11.5. The Kier molecular flexibility index (Phi) is 10.8. The molecule has 2 aromatic carbocycles. The standard InChI is InChI=1S/C25H34N4O3S/c1-5-18(4)32-22-10-8-9-20(17-22)24(31)28-25(33)27-21-13-11-19(12-14-21)23(30)26-15-16-29(6-2)7-3/h8-14,17-18H,5-7,15-16H2,1-4H3,(H,26,30)(H2,27,28,31,33). The number of nitrogens with one attached hydrogen (secondary N) is 3. The smallest absolute Gasteiger partial charge is 0.257 e. The summed E-state index contributed by atoms with van der Waals surface area (Å²) in [6, 6.07) is 13.9. The van der Waals surface area contributed by atoms with Crippen LogP contribution in [0.4, 0.5) is 5.69 Å². The molecule has 0 fully saturated rings. The average molecular weight is 471 g/mol. The molecule has 8 heteroatoms. The van der Waals surface area contributed by atoms with Crippen LogP contribution in [0.15, 0.2) is 48.5 Å². The first kappa shape index (κ1) is 26.3. The SMILES string of the molecule is CCC(C)Oc1cccc(C(=O)NC(=S)Nc2ccc(C(=O)NCCN(CC)CC)cc2)c1. The Bertz CT molecular complexity index is 930. The molecule has 2 aromatic rings. The van der Waals surface area contributed by atoms with Crippen molar-refractivity contribution in [3.8, 4) is 5.75 Å². The number of anilines is 1. The summed E-state index contributed by atoms with van der Waals surface area (Å²) >= 11 is 5.26. The van der Waals surface area contributed by atoms with Crippen LogP contribution in [-0.4, -0.2) is 54.1 Å². The highest BCUT2D eigenvalue weighted by molar-refractivity contribution is 7.80. The monoisotopic (exact) mass is 470 g/mol. The lowest BCUT2D eigenvalue weighted by Gasteiger charge is -2.18. The molecule has 33 heavy (non-hydrogen) atoms.